The van der Waals surface area contributed by atoms with Gasteiger partial charge in [-0.15, -0.1) is 0 Å². The van der Waals surface area contributed by atoms with Gasteiger partial charge in [0.25, 0.3) is 5.91 Å². The van der Waals surface area contributed by atoms with Crippen LogP contribution in [0.25, 0.3) is 5.65 Å². The molecule has 6 nitrogen and oxygen atoms in total. The van der Waals surface area contributed by atoms with E-state index in [1.807, 2.05) is 40.5 Å². The minimum absolute atomic E-state index is 0.0396. The number of fused-ring (bicyclic) bond motifs is 1. The second kappa shape index (κ2) is 7.98. The van der Waals surface area contributed by atoms with E-state index < -0.39 is 0 Å². The lowest BCUT2D eigenvalue weighted by Gasteiger charge is -2.30. The third kappa shape index (κ3) is 3.95. The highest BCUT2D eigenvalue weighted by atomic mass is 19.1. The van der Waals surface area contributed by atoms with Crippen LogP contribution in [-0.4, -0.2) is 38.3 Å². The quantitative estimate of drug-likeness (QED) is 0.493. The number of amides is 1. The molecule has 1 aliphatic heterocycles. The van der Waals surface area contributed by atoms with Crippen molar-refractivity contribution in [3.05, 3.63) is 89.3 Å². The average molecular weight is 418 g/mol. The van der Waals surface area contributed by atoms with Crippen LogP contribution >= 0.6 is 0 Å². The number of piperidine rings is 1. The summed E-state index contributed by atoms with van der Waals surface area (Å²) < 4.78 is 21.3. The van der Waals surface area contributed by atoms with E-state index in [4.69, 9.17) is 4.42 Å². The molecule has 1 atom stereocenters. The molecule has 1 aromatic carbocycles. The molecule has 158 valence electrons. The number of hydrogen-bond donors (Lipinski definition) is 0. The number of carbonyl (C=O) groups is 1. The number of rotatable bonds is 4. The van der Waals surface area contributed by atoms with Crippen LogP contribution in [0.1, 0.15) is 52.2 Å². The van der Waals surface area contributed by atoms with Crippen LogP contribution in [0.15, 0.2) is 59.3 Å². The van der Waals surface area contributed by atoms with E-state index in [1.165, 1.54) is 12.1 Å². The number of hydrogen-bond acceptors (Lipinski definition) is 4. The molecule has 0 N–H and O–H groups in total. The van der Waals surface area contributed by atoms with Gasteiger partial charge in [0.05, 0.1) is 12.1 Å². The number of pyridine rings is 1. The summed E-state index contributed by atoms with van der Waals surface area (Å²) in [7, 11) is 0. The highest BCUT2D eigenvalue weighted by Gasteiger charge is 2.29. The first-order valence-corrected chi connectivity index (χ1v) is 10.5. The van der Waals surface area contributed by atoms with E-state index in [9.17, 15) is 9.18 Å². The third-order valence-electron chi connectivity index (χ3n) is 5.81. The van der Waals surface area contributed by atoms with Crippen LogP contribution in [0.2, 0.25) is 0 Å². The van der Waals surface area contributed by atoms with E-state index in [2.05, 4.69) is 9.97 Å². The third-order valence-corrected chi connectivity index (χ3v) is 5.81. The minimum atomic E-state index is -0.263. The van der Waals surface area contributed by atoms with Crippen molar-refractivity contribution in [2.45, 2.75) is 32.1 Å². The van der Waals surface area contributed by atoms with E-state index in [1.54, 1.807) is 18.5 Å². The topological polar surface area (TPSA) is 63.6 Å². The molecule has 31 heavy (non-hydrogen) atoms. The lowest BCUT2D eigenvalue weighted by Crippen LogP contribution is -2.39. The van der Waals surface area contributed by atoms with Crippen molar-refractivity contribution < 1.29 is 13.6 Å². The molecule has 0 radical (unpaired) electrons. The molecule has 0 saturated carbocycles. The number of imidazole rings is 1. The zero-order valence-electron chi connectivity index (χ0n) is 17.3. The van der Waals surface area contributed by atoms with Gasteiger partial charge in [0.1, 0.15) is 22.9 Å². The molecule has 1 saturated heterocycles. The number of oxazole rings is 1. The normalized spacial score (nSPS) is 16.7. The Kier molecular flexibility index (Phi) is 5.02. The molecule has 5 rings (SSSR count). The van der Waals surface area contributed by atoms with Crippen molar-refractivity contribution in [3.63, 3.8) is 0 Å². The Morgan fingerprint density at radius 3 is 2.97 bits per heavy atom. The van der Waals surface area contributed by atoms with Gasteiger partial charge >= 0.3 is 0 Å². The average Bonchev–Trinajstić information content (AvgIpc) is 3.41. The maximum atomic E-state index is 13.4. The molecular weight excluding hydrogens is 395 g/mol. The maximum absolute atomic E-state index is 13.4. The van der Waals surface area contributed by atoms with Gasteiger partial charge in [0.15, 0.2) is 5.89 Å². The summed E-state index contributed by atoms with van der Waals surface area (Å²) >= 11 is 0. The van der Waals surface area contributed by atoms with Crippen LogP contribution in [0.3, 0.4) is 0 Å². The van der Waals surface area contributed by atoms with Gasteiger partial charge in [-0.3, -0.25) is 4.79 Å². The second-order valence-corrected chi connectivity index (χ2v) is 8.08. The van der Waals surface area contributed by atoms with E-state index >= 15 is 0 Å². The summed E-state index contributed by atoms with van der Waals surface area (Å²) in [6, 6.07) is 12.3. The van der Waals surface area contributed by atoms with Crippen molar-refractivity contribution in [1.82, 2.24) is 19.3 Å². The van der Waals surface area contributed by atoms with Crippen molar-refractivity contribution >= 4 is 11.6 Å². The summed E-state index contributed by atoms with van der Waals surface area (Å²) in [5.41, 5.74) is 3.09. The van der Waals surface area contributed by atoms with Crippen LogP contribution in [0.4, 0.5) is 4.39 Å². The van der Waals surface area contributed by atoms with Gasteiger partial charge in [0.2, 0.25) is 0 Å². The first-order chi connectivity index (χ1) is 15.1. The summed E-state index contributed by atoms with van der Waals surface area (Å²) in [6.45, 7) is 3.23. The smallest absolute Gasteiger partial charge is 0.274 e. The van der Waals surface area contributed by atoms with E-state index in [-0.39, 0.29) is 17.6 Å². The molecule has 4 heterocycles. The first kappa shape index (κ1) is 19.5. The molecule has 1 unspecified atom stereocenters. The summed E-state index contributed by atoms with van der Waals surface area (Å²) in [4.78, 5) is 23.9. The maximum Gasteiger partial charge on any atom is 0.274 e. The summed E-state index contributed by atoms with van der Waals surface area (Å²) in [5, 5.41) is 0. The van der Waals surface area contributed by atoms with Crippen molar-refractivity contribution in [1.29, 1.82) is 0 Å². The molecule has 1 aliphatic rings. The van der Waals surface area contributed by atoms with Crippen LogP contribution in [-0.2, 0) is 6.42 Å². The highest BCUT2D eigenvalue weighted by Crippen LogP contribution is 2.28. The Bertz CT molecular complexity index is 1250. The van der Waals surface area contributed by atoms with E-state index in [0.29, 0.717) is 36.9 Å². The monoisotopic (exact) mass is 418 g/mol. The molecule has 3 aromatic heterocycles. The summed E-state index contributed by atoms with van der Waals surface area (Å²) in [6.07, 6.45) is 5.78. The standard InChI is InChI=1S/C24H23FN4O2/c1-16-5-2-9-22-27-21(15-29(16)22)24(30)28-10-4-7-18(14-28)23-26-13-20(31-23)12-17-6-3-8-19(25)11-17/h2-3,5-6,8-9,11,13,15,18H,4,7,10,12,14H2,1H3. The molecule has 0 aliphatic carbocycles. The predicted molar refractivity (Wildman–Crippen MR) is 114 cm³/mol. The molecule has 4 aromatic rings. The second-order valence-electron chi connectivity index (χ2n) is 8.08. The SMILES string of the molecule is Cc1cccc2nc(C(=O)N3CCCC(c4ncc(Cc5cccc(F)c5)o4)C3)cn12. The molecule has 1 fully saturated rings. The fourth-order valence-electron chi connectivity index (χ4n) is 4.22. The number of halogens is 1. The van der Waals surface area contributed by atoms with Gasteiger partial charge in [-0.1, -0.05) is 18.2 Å². The lowest BCUT2D eigenvalue weighted by atomic mass is 9.98. The zero-order chi connectivity index (χ0) is 21.4. The van der Waals surface area contributed by atoms with Crippen molar-refractivity contribution in [3.8, 4) is 0 Å². The number of carbonyl (C=O) groups excluding carboxylic acids is 1. The Labute approximate surface area is 179 Å². The van der Waals surface area contributed by atoms with Crippen molar-refractivity contribution in [2.24, 2.45) is 0 Å². The van der Waals surface area contributed by atoms with Crippen LogP contribution < -0.4 is 0 Å². The van der Waals surface area contributed by atoms with Crippen LogP contribution in [0.5, 0.6) is 0 Å². The van der Waals surface area contributed by atoms with Crippen molar-refractivity contribution in [2.75, 3.05) is 13.1 Å². The number of benzene rings is 1. The number of aryl methyl sites for hydroxylation is 1. The lowest BCUT2D eigenvalue weighted by molar-refractivity contribution is 0.0692. The highest BCUT2D eigenvalue weighted by molar-refractivity contribution is 5.93. The molecule has 0 spiro atoms. The van der Waals surface area contributed by atoms with Gasteiger partial charge < -0.3 is 13.7 Å². The van der Waals surface area contributed by atoms with E-state index in [0.717, 1.165) is 29.7 Å². The Hall–Kier alpha value is -3.48. The zero-order valence-corrected chi connectivity index (χ0v) is 17.3. The number of aromatic nitrogens is 3. The predicted octanol–water partition coefficient (Wildman–Crippen LogP) is 4.38. The van der Waals surface area contributed by atoms with Crippen LogP contribution in [0, 0.1) is 12.7 Å². The molecule has 1 amide bonds. The molecule has 0 bridgehead atoms. The fourth-order valence-corrected chi connectivity index (χ4v) is 4.22. The largest absolute Gasteiger partial charge is 0.445 e. The first-order valence-electron chi connectivity index (χ1n) is 10.5. The Morgan fingerprint density at radius 1 is 1.26 bits per heavy atom. The van der Waals surface area contributed by atoms with Gasteiger partial charge in [-0.25, -0.2) is 14.4 Å². The minimum Gasteiger partial charge on any atom is -0.445 e. The molecular formula is C24H23FN4O2. The van der Waals surface area contributed by atoms with Gasteiger partial charge in [-0.05, 0) is 49.6 Å². The van der Waals surface area contributed by atoms with Gasteiger partial charge in [0, 0.05) is 31.4 Å². The Morgan fingerprint density at radius 2 is 2.13 bits per heavy atom. The van der Waals surface area contributed by atoms with Gasteiger partial charge in [-0.2, -0.15) is 0 Å². The number of likely N-dealkylation sites (tertiary alicyclic amines) is 1. The molecule has 7 heteroatoms. The Balaban J connectivity index is 1.30. The fraction of sp³-hybridized carbons (Fsp3) is 0.292. The summed E-state index contributed by atoms with van der Waals surface area (Å²) in [5.74, 6) is 1.03. The number of nitrogens with zero attached hydrogens (tertiary/aromatic N) is 4.